The first-order valence-corrected chi connectivity index (χ1v) is 6.70. The van der Waals surface area contributed by atoms with Crippen LogP contribution in [0.5, 0.6) is 5.75 Å². The van der Waals surface area contributed by atoms with Crippen LogP contribution >= 0.6 is 22.6 Å². The van der Waals surface area contributed by atoms with E-state index >= 15 is 0 Å². The Bertz CT molecular complexity index is 607. The van der Waals surface area contributed by atoms with Crippen molar-refractivity contribution in [2.24, 2.45) is 0 Å². The standard InChI is InChI=1S/C8H3F4IO5S/c9-3-1-4(10)6(5(13)2-3)18-7(14)8(11,12)19(15,16)17/h1-2H,(H,15,16,17). The summed E-state index contributed by atoms with van der Waals surface area (Å²) in [4.78, 5) is 10.9. The van der Waals surface area contributed by atoms with Gasteiger partial charge in [0.2, 0.25) is 0 Å². The van der Waals surface area contributed by atoms with Gasteiger partial charge in [0.15, 0.2) is 11.6 Å². The van der Waals surface area contributed by atoms with Crippen molar-refractivity contribution in [3.05, 3.63) is 27.3 Å². The fourth-order valence-corrected chi connectivity index (χ4v) is 1.80. The Kier molecular flexibility index (Phi) is 4.41. The van der Waals surface area contributed by atoms with Crippen LogP contribution < -0.4 is 4.74 Å². The fraction of sp³-hybridized carbons (Fsp3) is 0.125. The van der Waals surface area contributed by atoms with Crippen LogP contribution in [0.4, 0.5) is 17.6 Å². The monoisotopic (exact) mass is 414 g/mol. The molecule has 5 nitrogen and oxygen atoms in total. The largest absolute Gasteiger partial charge is 0.466 e. The van der Waals surface area contributed by atoms with Gasteiger partial charge in [-0.25, -0.2) is 13.6 Å². The summed E-state index contributed by atoms with van der Waals surface area (Å²) >= 11 is 1.28. The summed E-state index contributed by atoms with van der Waals surface area (Å²) < 4.78 is 83.7. The number of alkyl halides is 2. The molecule has 0 aliphatic heterocycles. The highest BCUT2D eigenvalue weighted by molar-refractivity contribution is 14.1. The van der Waals surface area contributed by atoms with Crippen LogP contribution in [0.15, 0.2) is 12.1 Å². The highest BCUT2D eigenvalue weighted by Gasteiger charge is 2.54. The van der Waals surface area contributed by atoms with E-state index in [2.05, 4.69) is 4.74 Å². The van der Waals surface area contributed by atoms with Gasteiger partial charge in [0.1, 0.15) is 5.82 Å². The lowest BCUT2D eigenvalue weighted by molar-refractivity contribution is -0.151. The van der Waals surface area contributed by atoms with E-state index in [1.165, 1.54) is 22.6 Å². The molecule has 0 spiro atoms. The zero-order valence-electron chi connectivity index (χ0n) is 8.53. The smallest absolute Gasteiger partial charge is 0.417 e. The Balaban J connectivity index is 3.15. The normalized spacial score (nSPS) is 12.3. The molecule has 19 heavy (non-hydrogen) atoms. The van der Waals surface area contributed by atoms with Crippen molar-refractivity contribution in [1.29, 1.82) is 0 Å². The molecule has 1 N–H and O–H groups in total. The summed E-state index contributed by atoms with van der Waals surface area (Å²) in [5.41, 5.74) is 0. The summed E-state index contributed by atoms with van der Waals surface area (Å²) in [7, 11) is -6.06. The molecule has 0 saturated heterocycles. The molecule has 0 heterocycles. The maximum Gasteiger partial charge on any atom is 0.466 e. The molecule has 0 amide bonds. The molecule has 1 aromatic carbocycles. The second-order valence-corrected chi connectivity index (χ2v) is 5.70. The van der Waals surface area contributed by atoms with E-state index in [4.69, 9.17) is 4.55 Å². The molecule has 11 heteroatoms. The molecule has 1 aromatic rings. The molecule has 0 aliphatic rings. The van der Waals surface area contributed by atoms with Crippen molar-refractivity contribution in [2.45, 2.75) is 5.25 Å². The van der Waals surface area contributed by atoms with Gasteiger partial charge in [-0.15, -0.1) is 0 Å². The van der Waals surface area contributed by atoms with Crippen LogP contribution in [-0.2, 0) is 14.9 Å². The first-order chi connectivity index (χ1) is 8.46. The maximum absolute atomic E-state index is 13.2. The molecule has 0 atom stereocenters. The van der Waals surface area contributed by atoms with Gasteiger partial charge in [0.05, 0.1) is 3.57 Å². The lowest BCUT2D eigenvalue weighted by Gasteiger charge is -2.13. The van der Waals surface area contributed by atoms with E-state index in [-0.39, 0.29) is 9.64 Å². The number of ether oxygens (including phenoxy) is 1. The van der Waals surface area contributed by atoms with Crippen LogP contribution in [0, 0.1) is 15.2 Å². The van der Waals surface area contributed by atoms with Gasteiger partial charge in [-0.05, 0) is 28.7 Å². The first kappa shape index (κ1) is 16.1. The van der Waals surface area contributed by atoms with Crippen LogP contribution in [0.25, 0.3) is 0 Å². The van der Waals surface area contributed by atoms with Crippen molar-refractivity contribution < 1.29 is 40.1 Å². The zero-order valence-corrected chi connectivity index (χ0v) is 11.5. The lowest BCUT2D eigenvalue weighted by atomic mass is 10.3. The predicted octanol–water partition coefficient (Wildman–Crippen LogP) is 1.96. The average molecular weight is 414 g/mol. The Morgan fingerprint density at radius 3 is 2.26 bits per heavy atom. The second-order valence-electron chi connectivity index (χ2n) is 3.08. The first-order valence-electron chi connectivity index (χ1n) is 4.18. The van der Waals surface area contributed by atoms with Gasteiger partial charge in [-0.3, -0.25) is 4.55 Å². The molecule has 0 fully saturated rings. The topological polar surface area (TPSA) is 80.7 Å². The molecular formula is C8H3F4IO5S. The maximum atomic E-state index is 13.2. The minimum Gasteiger partial charge on any atom is -0.417 e. The third kappa shape index (κ3) is 3.33. The molecule has 0 unspecified atom stereocenters. The Hall–Kier alpha value is -0.950. The zero-order chi connectivity index (χ0) is 15.0. The number of carbonyl (C=O) groups is 1. The number of esters is 1. The van der Waals surface area contributed by atoms with Crippen LogP contribution in [0.3, 0.4) is 0 Å². The Morgan fingerprint density at radius 2 is 1.84 bits per heavy atom. The Morgan fingerprint density at radius 1 is 1.32 bits per heavy atom. The lowest BCUT2D eigenvalue weighted by Crippen LogP contribution is -2.40. The average Bonchev–Trinajstić information content (AvgIpc) is 2.21. The van der Waals surface area contributed by atoms with Crippen molar-refractivity contribution in [2.75, 3.05) is 0 Å². The summed E-state index contributed by atoms with van der Waals surface area (Å²) in [6.07, 6.45) is 0. The Labute approximate surface area is 117 Å². The molecule has 0 bridgehead atoms. The van der Waals surface area contributed by atoms with Crippen LogP contribution in [0.1, 0.15) is 0 Å². The summed E-state index contributed by atoms with van der Waals surface area (Å²) in [6.45, 7) is 0. The van der Waals surface area contributed by atoms with Crippen molar-refractivity contribution >= 4 is 38.7 Å². The third-order valence-corrected chi connectivity index (χ3v) is 3.34. The minimum atomic E-state index is -6.06. The van der Waals surface area contributed by atoms with E-state index < -0.39 is 38.7 Å². The number of hydrogen-bond donors (Lipinski definition) is 1. The molecule has 0 aromatic heterocycles. The number of hydrogen-bond acceptors (Lipinski definition) is 4. The van der Waals surface area contributed by atoms with E-state index in [1.807, 2.05) is 0 Å². The number of halogens is 5. The molecular weight excluding hydrogens is 411 g/mol. The van der Waals surface area contributed by atoms with Gasteiger partial charge in [0, 0.05) is 6.07 Å². The van der Waals surface area contributed by atoms with Gasteiger partial charge in [-0.1, -0.05) is 0 Å². The highest BCUT2D eigenvalue weighted by Crippen LogP contribution is 2.29. The molecule has 0 aliphatic carbocycles. The number of rotatable bonds is 3. The molecule has 0 radical (unpaired) electrons. The van der Waals surface area contributed by atoms with Crippen molar-refractivity contribution in [3.8, 4) is 5.75 Å². The summed E-state index contributed by atoms with van der Waals surface area (Å²) in [6, 6.07) is 0.911. The van der Waals surface area contributed by atoms with Crippen LogP contribution in [0.2, 0.25) is 0 Å². The minimum absolute atomic E-state index is 0.246. The van der Waals surface area contributed by atoms with Gasteiger partial charge in [0.25, 0.3) is 0 Å². The second kappa shape index (κ2) is 5.20. The summed E-state index contributed by atoms with van der Waals surface area (Å²) in [5.74, 6) is -6.32. The van der Waals surface area contributed by atoms with Gasteiger partial charge in [-0.2, -0.15) is 17.2 Å². The molecule has 1 rings (SSSR count). The summed E-state index contributed by atoms with van der Waals surface area (Å²) in [5, 5.41) is -5.27. The van der Waals surface area contributed by atoms with Crippen LogP contribution in [-0.4, -0.2) is 24.2 Å². The number of benzene rings is 1. The molecule has 0 saturated carbocycles. The predicted molar refractivity (Wildman–Crippen MR) is 61.2 cm³/mol. The van der Waals surface area contributed by atoms with E-state index in [0.29, 0.717) is 6.07 Å². The van der Waals surface area contributed by atoms with E-state index in [9.17, 15) is 30.8 Å². The number of carbonyl (C=O) groups excluding carboxylic acids is 1. The van der Waals surface area contributed by atoms with E-state index in [0.717, 1.165) is 0 Å². The molecule has 106 valence electrons. The SMILES string of the molecule is O=C(Oc1c(F)cc(F)cc1I)C(F)(F)S(=O)(=O)O. The van der Waals surface area contributed by atoms with Crippen molar-refractivity contribution in [1.82, 2.24) is 0 Å². The van der Waals surface area contributed by atoms with Gasteiger partial charge >= 0.3 is 21.3 Å². The van der Waals surface area contributed by atoms with Gasteiger partial charge < -0.3 is 4.74 Å². The van der Waals surface area contributed by atoms with Crippen molar-refractivity contribution in [3.63, 3.8) is 0 Å². The van der Waals surface area contributed by atoms with E-state index in [1.54, 1.807) is 0 Å². The fourth-order valence-electron chi connectivity index (χ4n) is 0.884. The third-order valence-electron chi connectivity index (χ3n) is 1.72. The highest BCUT2D eigenvalue weighted by atomic mass is 127. The quantitative estimate of drug-likeness (QED) is 0.269.